The molecule has 0 rings (SSSR count). The molecule has 8 heteroatoms. The van der Waals surface area contributed by atoms with Crippen LogP contribution in [-0.4, -0.2) is 55.6 Å². The Labute approximate surface area is 437 Å². The van der Waals surface area contributed by atoms with Gasteiger partial charge in [-0.25, -0.2) is 0 Å². The number of hydrogen-bond acceptors (Lipinski definition) is 6. The summed E-state index contributed by atoms with van der Waals surface area (Å²) in [5.74, 6) is -2.74. The Bertz CT molecular complexity index is 834. The number of allylic oxidation sites excluding steroid dienone is 6. The molecular weight excluding hydrogens is 808 g/mol. The summed E-state index contributed by atoms with van der Waals surface area (Å²) in [7, 11) is 0. The first kappa shape index (κ1) is 70.9. The molecule has 0 heterocycles. The van der Waals surface area contributed by atoms with E-state index in [1.54, 1.807) is 0 Å². The molecule has 0 aromatic carbocycles. The van der Waals surface area contributed by atoms with Gasteiger partial charge in [-0.05, 0) is 116 Å². The maximum atomic E-state index is 10.2. The quantitative estimate of drug-likeness (QED) is 0.0341. The third-order valence-corrected chi connectivity index (χ3v) is 10.9. The average Bonchev–Trinajstić information content (AvgIpc) is 3.22. The third kappa shape index (κ3) is 80.2. The largest absolute Gasteiger partial charge is 2.00 e. The minimum absolute atomic E-state index is 0. The van der Waals surface area contributed by atoms with Gasteiger partial charge in [0, 0.05) is 17.9 Å². The van der Waals surface area contributed by atoms with Crippen molar-refractivity contribution in [2.75, 3.05) is 0 Å². The second kappa shape index (κ2) is 67.5. The van der Waals surface area contributed by atoms with Crippen molar-refractivity contribution in [1.29, 1.82) is 0 Å². The van der Waals surface area contributed by atoms with Crippen molar-refractivity contribution in [3.05, 3.63) is 36.5 Å². The molecule has 0 atom stereocenters. The van der Waals surface area contributed by atoms with Crippen LogP contribution in [0.2, 0.25) is 0 Å². The fourth-order valence-electron chi connectivity index (χ4n) is 7.02. The SMILES string of the molecule is CCCCCCCC/C=C\CCCCCCCC(=O)[O-].CCCCCCCC/C=C\CCCCCCCC(=O)[O-].CCCCCCCC/C=C\CCCCCCCC(=O)[O-].[Ca+2].[Na+]. The molecule has 354 valence electrons. The molecule has 0 saturated heterocycles. The Morgan fingerprint density at radius 1 is 0.274 bits per heavy atom. The molecular formula is C54H99CaNaO6. The summed E-state index contributed by atoms with van der Waals surface area (Å²) >= 11 is 0. The number of carbonyl (C=O) groups is 3. The van der Waals surface area contributed by atoms with Crippen LogP contribution in [0.5, 0.6) is 0 Å². The first-order valence-corrected chi connectivity index (χ1v) is 25.9. The Kier molecular flexibility index (Phi) is 77.2. The number of hydrogen-bond donors (Lipinski definition) is 0. The van der Waals surface area contributed by atoms with Crippen molar-refractivity contribution in [3.8, 4) is 0 Å². The van der Waals surface area contributed by atoms with Gasteiger partial charge in [-0.1, -0.05) is 211 Å². The van der Waals surface area contributed by atoms with E-state index in [0.29, 0.717) is 0 Å². The van der Waals surface area contributed by atoms with Gasteiger partial charge in [-0.15, -0.1) is 0 Å². The molecule has 0 amide bonds. The fraction of sp³-hybridized carbons (Fsp3) is 0.833. The molecule has 0 saturated carbocycles. The minimum Gasteiger partial charge on any atom is -0.550 e. The van der Waals surface area contributed by atoms with E-state index in [1.807, 2.05) is 0 Å². The van der Waals surface area contributed by atoms with E-state index in [0.717, 1.165) is 57.8 Å². The summed E-state index contributed by atoms with van der Waals surface area (Å²) in [5.41, 5.74) is 0. The van der Waals surface area contributed by atoms with E-state index in [1.165, 1.54) is 193 Å². The maximum Gasteiger partial charge on any atom is 2.00 e. The van der Waals surface area contributed by atoms with E-state index >= 15 is 0 Å². The third-order valence-electron chi connectivity index (χ3n) is 10.9. The molecule has 62 heavy (non-hydrogen) atoms. The van der Waals surface area contributed by atoms with Gasteiger partial charge in [0.25, 0.3) is 0 Å². The van der Waals surface area contributed by atoms with Gasteiger partial charge in [0.15, 0.2) is 0 Å². The van der Waals surface area contributed by atoms with Gasteiger partial charge in [0.1, 0.15) is 0 Å². The Balaban J connectivity index is -0.000000258. The smallest absolute Gasteiger partial charge is 0.550 e. The zero-order valence-corrected chi connectivity index (χ0v) is 46.0. The van der Waals surface area contributed by atoms with Crippen LogP contribution in [0.25, 0.3) is 0 Å². The predicted octanol–water partition coefficient (Wildman–Crippen LogP) is 10.9. The first-order chi connectivity index (χ1) is 29.3. The van der Waals surface area contributed by atoms with Crippen molar-refractivity contribution >= 4 is 55.6 Å². The van der Waals surface area contributed by atoms with E-state index in [2.05, 4.69) is 57.2 Å². The number of carboxylic acids is 3. The van der Waals surface area contributed by atoms with Crippen molar-refractivity contribution in [3.63, 3.8) is 0 Å². The summed E-state index contributed by atoms with van der Waals surface area (Å²) < 4.78 is 0. The van der Waals surface area contributed by atoms with Crippen LogP contribution in [0.4, 0.5) is 0 Å². The summed E-state index contributed by atoms with van der Waals surface area (Å²) in [6.07, 6.45) is 62.7. The van der Waals surface area contributed by atoms with Crippen molar-refractivity contribution in [2.45, 2.75) is 290 Å². The number of carbonyl (C=O) groups excluding carboxylic acids is 3. The van der Waals surface area contributed by atoms with Gasteiger partial charge in [-0.3, -0.25) is 0 Å². The van der Waals surface area contributed by atoms with Gasteiger partial charge in [0.05, 0.1) is 0 Å². The van der Waals surface area contributed by atoms with E-state index < -0.39 is 17.9 Å². The normalized spacial score (nSPS) is 10.9. The molecule has 0 aliphatic rings. The molecule has 0 radical (unpaired) electrons. The van der Waals surface area contributed by atoms with Crippen LogP contribution in [0.1, 0.15) is 290 Å². The van der Waals surface area contributed by atoms with Crippen molar-refractivity contribution < 1.29 is 59.3 Å². The monoisotopic (exact) mass is 907 g/mol. The zero-order chi connectivity index (χ0) is 44.7. The van der Waals surface area contributed by atoms with Gasteiger partial charge in [-0.2, -0.15) is 0 Å². The minimum atomic E-state index is -0.914. The molecule has 6 nitrogen and oxygen atoms in total. The Hall–Kier alpha value is -0.110. The number of unbranched alkanes of at least 4 members (excludes halogenated alkanes) is 33. The average molecular weight is 907 g/mol. The second-order valence-electron chi connectivity index (χ2n) is 17.1. The predicted molar refractivity (Wildman–Crippen MR) is 259 cm³/mol. The molecule has 0 aliphatic heterocycles. The molecule has 0 bridgehead atoms. The molecule has 0 aliphatic carbocycles. The van der Waals surface area contributed by atoms with Crippen LogP contribution >= 0.6 is 0 Å². The molecule has 0 fully saturated rings. The van der Waals surface area contributed by atoms with Gasteiger partial charge >= 0.3 is 67.3 Å². The van der Waals surface area contributed by atoms with E-state index in [4.69, 9.17) is 0 Å². The molecule has 0 aromatic heterocycles. The van der Waals surface area contributed by atoms with Crippen LogP contribution in [-0.2, 0) is 14.4 Å². The summed E-state index contributed by atoms with van der Waals surface area (Å²) in [6.45, 7) is 6.77. The van der Waals surface area contributed by atoms with Gasteiger partial charge < -0.3 is 29.7 Å². The van der Waals surface area contributed by atoms with E-state index in [9.17, 15) is 29.7 Å². The second-order valence-corrected chi connectivity index (χ2v) is 17.1. The van der Waals surface area contributed by atoms with Crippen molar-refractivity contribution in [2.24, 2.45) is 0 Å². The number of carboxylic acid groups (broad SMARTS) is 3. The Morgan fingerprint density at radius 3 is 0.581 bits per heavy atom. The Morgan fingerprint density at radius 2 is 0.419 bits per heavy atom. The first-order valence-electron chi connectivity index (χ1n) is 25.9. The van der Waals surface area contributed by atoms with Crippen LogP contribution in [0.15, 0.2) is 36.5 Å². The summed E-state index contributed by atoms with van der Waals surface area (Å²) in [6, 6.07) is 0. The fourth-order valence-corrected chi connectivity index (χ4v) is 7.02. The zero-order valence-electron chi connectivity index (χ0n) is 41.8. The summed E-state index contributed by atoms with van der Waals surface area (Å²) in [5, 5.41) is 30.6. The van der Waals surface area contributed by atoms with Gasteiger partial charge in [0.2, 0.25) is 0 Å². The topological polar surface area (TPSA) is 120 Å². The molecule has 0 spiro atoms. The number of aliphatic carboxylic acids is 3. The molecule has 0 N–H and O–H groups in total. The maximum absolute atomic E-state index is 10.2. The van der Waals surface area contributed by atoms with Crippen LogP contribution in [0, 0.1) is 0 Å². The number of rotatable bonds is 45. The molecule has 0 aromatic rings. The van der Waals surface area contributed by atoms with Crippen LogP contribution < -0.4 is 44.9 Å². The van der Waals surface area contributed by atoms with Crippen molar-refractivity contribution in [1.82, 2.24) is 0 Å². The standard InChI is InChI=1S/3C18H34O2.Ca.Na/c3*1-2-3-4-5-6-7-8-9-10-11-12-13-14-15-16-17-18(19)20;;/h3*9-10H,2-8,11-17H2,1H3,(H,19,20);;/q;;;+2;+1/p-3/b3*10-9-;;. The van der Waals surface area contributed by atoms with Crippen LogP contribution in [0.3, 0.4) is 0 Å². The van der Waals surface area contributed by atoms with E-state index in [-0.39, 0.29) is 86.6 Å². The summed E-state index contributed by atoms with van der Waals surface area (Å²) in [4.78, 5) is 30.6. The molecule has 0 unspecified atom stereocenters.